The maximum atomic E-state index is 13.7. The van der Waals surface area contributed by atoms with Crippen LogP contribution in [0.5, 0.6) is 11.5 Å². The number of hydrogen-bond donors (Lipinski definition) is 0. The number of piperidine rings is 1. The van der Waals surface area contributed by atoms with Crippen LogP contribution in [-0.4, -0.2) is 63.1 Å². The highest BCUT2D eigenvalue weighted by molar-refractivity contribution is 7.88. The van der Waals surface area contributed by atoms with Crippen molar-refractivity contribution in [1.82, 2.24) is 9.21 Å². The van der Waals surface area contributed by atoms with Gasteiger partial charge in [-0.25, -0.2) is 4.31 Å². The Morgan fingerprint density at radius 1 is 1.09 bits per heavy atom. The Kier molecular flexibility index (Phi) is 6.20. The van der Waals surface area contributed by atoms with E-state index in [9.17, 15) is 13.2 Å². The van der Waals surface area contributed by atoms with Crippen molar-refractivity contribution in [1.29, 1.82) is 0 Å². The summed E-state index contributed by atoms with van der Waals surface area (Å²) in [7, 11) is 0.397. The van der Waals surface area contributed by atoms with Crippen LogP contribution >= 0.6 is 0 Å². The third-order valence-corrected chi connectivity index (χ3v) is 8.39. The van der Waals surface area contributed by atoms with Crippen molar-refractivity contribution in [3.63, 3.8) is 0 Å². The molecule has 174 valence electrons. The normalized spacial score (nSPS) is 27.2. The van der Waals surface area contributed by atoms with Gasteiger partial charge in [-0.15, -0.1) is 4.40 Å². The van der Waals surface area contributed by atoms with E-state index in [0.717, 1.165) is 30.0 Å². The Morgan fingerprint density at radius 2 is 1.81 bits per heavy atom. The number of likely N-dealkylation sites (tertiary alicyclic amines) is 1. The van der Waals surface area contributed by atoms with Crippen LogP contribution in [0.25, 0.3) is 0 Å². The van der Waals surface area contributed by atoms with E-state index in [4.69, 9.17) is 9.47 Å². The lowest BCUT2D eigenvalue weighted by Gasteiger charge is -2.47. The first-order valence-corrected chi connectivity index (χ1v) is 12.5. The molecule has 2 aliphatic heterocycles. The number of methoxy groups -OCH3 is 2. The quantitative estimate of drug-likeness (QED) is 0.688. The molecular formula is C23H31N3O5S. The molecule has 8 nitrogen and oxygen atoms in total. The molecule has 1 aromatic rings. The first-order chi connectivity index (χ1) is 15.3. The van der Waals surface area contributed by atoms with Gasteiger partial charge in [0.05, 0.1) is 19.9 Å². The number of benzene rings is 1. The first kappa shape index (κ1) is 22.6. The van der Waals surface area contributed by atoms with E-state index in [1.54, 1.807) is 24.3 Å². The van der Waals surface area contributed by atoms with E-state index in [-0.39, 0.29) is 23.4 Å². The van der Waals surface area contributed by atoms with E-state index in [2.05, 4.69) is 11.3 Å². The van der Waals surface area contributed by atoms with Gasteiger partial charge in [-0.2, -0.15) is 8.42 Å². The minimum atomic E-state index is -4.03. The highest BCUT2D eigenvalue weighted by Crippen LogP contribution is 2.40. The minimum absolute atomic E-state index is 0.128. The number of allylic oxidation sites excluding steroid dienone is 1. The fourth-order valence-electron chi connectivity index (χ4n) is 5.20. The van der Waals surface area contributed by atoms with Crippen LogP contribution in [-0.2, 0) is 15.0 Å². The lowest BCUT2D eigenvalue weighted by Crippen LogP contribution is -2.54. The third-order valence-electron chi connectivity index (χ3n) is 7.07. The number of carbonyl (C=O) groups excluding carboxylic acids is 1. The number of carbonyl (C=O) groups is 1. The number of fused-ring (bicyclic) bond motifs is 1. The largest absolute Gasteiger partial charge is 0.493 e. The summed E-state index contributed by atoms with van der Waals surface area (Å²) in [4.78, 5) is 15.6. The van der Waals surface area contributed by atoms with Gasteiger partial charge in [0.2, 0.25) is 0 Å². The van der Waals surface area contributed by atoms with Crippen LogP contribution in [0.3, 0.4) is 0 Å². The van der Waals surface area contributed by atoms with Gasteiger partial charge in [0.1, 0.15) is 5.70 Å². The van der Waals surface area contributed by atoms with Gasteiger partial charge in [0.25, 0.3) is 5.91 Å². The molecule has 0 spiro atoms. The molecule has 2 heterocycles. The summed E-state index contributed by atoms with van der Waals surface area (Å²) in [6.45, 7) is 2.91. The smallest absolute Gasteiger partial charge is 0.345 e. The van der Waals surface area contributed by atoms with Gasteiger partial charge in [0, 0.05) is 25.2 Å². The summed E-state index contributed by atoms with van der Waals surface area (Å²) in [6, 6.07) is 5.23. The molecular weight excluding hydrogens is 430 g/mol. The zero-order chi connectivity index (χ0) is 23.0. The van der Waals surface area contributed by atoms with Crippen LogP contribution in [0, 0.1) is 11.8 Å². The van der Waals surface area contributed by atoms with E-state index in [1.165, 1.54) is 27.7 Å². The molecule has 1 aliphatic carbocycles. The third kappa shape index (κ3) is 3.98. The van der Waals surface area contributed by atoms with Crippen LogP contribution in [0.4, 0.5) is 0 Å². The summed E-state index contributed by atoms with van der Waals surface area (Å²) in [5, 5.41) is 0. The molecule has 0 bridgehead atoms. The monoisotopic (exact) mass is 461 g/mol. The van der Waals surface area contributed by atoms with Crippen LogP contribution in [0.15, 0.2) is 34.4 Å². The molecule has 9 heteroatoms. The van der Waals surface area contributed by atoms with Gasteiger partial charge in [0.15, 0.2) is 11.5 Å². The Morgan fingerprint density at radius 3 is 2.53 bits per heavy atom. The van der Waals surface area contributed by atoms with Crippen molar-refractivity contribution in [3.8, 4) is 11.5 Å². The van der Waals surface area contributed by atoms with E-state index >= 15 is 0 Å². The van der Waals surface area contributed by atoms with Crippen molar-refractivity contribution >= 4 is 21.8 Å². The molecule has 32 heavy (non-hydrogen) atoms. The Balaban J connectivity index is 1.71. The second-order valence-corrected chi connectivity index (χ2v) is 10.4. The molecule has 1 amide bonds. The maximum Gasteiger partial charge on any atom is 0.345 e. The minimum Gasteiger partial charge on any atom is -0.493 e. The lowest BCUT2D eigenvalue weighted by atomic mass is 9.72. The number of likely N-dealkylation sites (N-methyl/N-ethyl adjacent to an activating group) is 1. The summed E-state index contributed by atoms with van der Waals surface area (Å²) in [5.74, 6) is 1.80. The standard InChI is InChI=1S/C23H31N3O5S/c1-15-11-12-26(19-8-6-5-7-17(15)19)23(27)20-14-18(24-32(28,29)25(20)2)16-9-10-21(30-3)22(13-16)31-4/h9-10,13-15,17,19H,5-8,11-12H2,1-4H3/t15-,17-,19+/m0/s1. The zero-order valence-corrected chi connectivity index (χ0v) is 19.9. The van der Waals surface area contributed by atoms with Gasteiger partial charge >= 0.3 is 10.2 Å². The van der Waals surface area contributed by atoms with Crippen LogP contribution in [0.2, 0.25) is 0 Å². The molecule has 3 atom stereocenters. The second kappa shape index (κ2) is 8.77. The predicted molar refractivity (Wildman–Crippen MR) is 122 cm³/mol. The van der Waals surface area contributed by atoms with Crippen molar-refractivity contribution in [3.05, 3.63) is 35.5 Å². The summed E-state index contributed by atoms with van der Waals surface area (Å²) >= 11 is 0. The Labute approximate surface area is 190 Å². The number of nitrogens with zero attached hydrogens (tertiary/aromatic N) is 3. The summed E-state index contributed by atoms with van der Waals surface area (Å²) in [5.41, 5.74) is 0.870. The lowest BCUT2D eigenvalue weighted by molar-refractivity contribution is -0.135. The molecule has 0 aromatic heterocycles. The molecule has 1 saturated heterocycles. The molecule has 1 aromatic carbocycles. The van der Waals surface area contributed by atoms with E-state index < -0.39 is 10.2 Å². The number of hydrogen-bond acceptors (Lipinski definition) is 5. The van der Waals surface area contributed by atoms with Gasteiger partial charge in [-0.05, 0) is 55.4 Å². The van der Waals surface area contributed by atoms with Crippen molar-refractivity contribution in [2.45, 2.75) is 45.1 Å². The zero-order valence-electron chi connectivity index (χ0n) is 19.1. The van der Waals surface area contributed by atoms with Gasteiger partial charge in [-0.1, -0.05) is 19.8 Å². The number of rotatable bonds is 4. The summed E-state index contributed by atoms with van der Waals surface area (Å²) in [6.07, 6.45) is 6.90. The van der Waals surface area contributed by atoms with Crippen LogP contribution in [0.1, 0.15) is 44.6 Å². The van der Waals surface area contributed by atoms with Crippen molar-refractivity contribution in [2.24, 2.45) is 16.2 Å². The second-order valence-electron chi connectivity index (χ2n) is 8.80. The fourth-order valence-corrected chi connectivity index (χ4v) is 6.11. The fraction of sp³-hybridized carbons (Fsp3) is 0.565. The molecule has 1 saturated carbocycles. The maximum absolute atomic E-state index is 13.7. The molecule has 0 radical (unpaired) electrons. The molecule has 4 rings (SSSR count). The highest BCUT2D eigenvalue weighted by atomic mass is 32.2. The Bertz CT molecular complexity index is 1070. The van der Waals surface area contributed by atoms with E-state index in [0.29, 0.717) is 35.4 Å². The summed E-state index contributed by atoms with van der Waals surface area (Å²) < 4.78 is 41.2. The SMILES string of the molecule is COc1ccc(C2=NS(=O)(=O)N(C)C(C(=O)N3CC[C@H](C)[C@@H]4CCCC[C@H]43)=C2)cc1OC. The average Bonchev–Trinajstić information content (AvgIpc) is 2.80. The molecule has 0 unspecified atom stereocenters. The highest BCUT2D eigenvalue weighted by Gasteiger charge is 2.42. The molecule has 2 fully saturated rings. The molecule has 3 aliphatic rings. The van der Waals surface area contributed by atoms with Crippen molar-refractivity contribution < 1.29 is 22.7 Å². The van der Waals surface area contributed by atoms with Crippen LogP contribution < -0.4 is 9.47 Å². The van der Waals surface area contributed by atoms with Crippen molar-refractivity contribution in [2.75, 3.05) is 27.8 Å². The number of ether oxygens (including phenoxy) is 2. The topological polar surface area (TPSA) is 88.5 Å². The van der Waals surface area contributed by atoms with Gasteiger partial charge in [-0.3, -0.25) is 4.79 Å². The first-order valence-electron chi connectivity index (χ1n) is 11.1. The van der Waals surface area contributed by atoms with E-state index in [1.807, 2.05) is 4.90 Å². The Hall–Kier alpha value is -2.55. The molecule has 0 N–H and O–H groups in total. The number of amides is 1. The average molecular weight is 462 g/mol. The van der Waals surface area contributed by atoms with Gasteiger partial charge < -0.3 is 14.4 Å². The predicted octanol–water partition coefficient (Wildman–Crippen LogP) is 2.99.